The zero-order valence-electron chi connectivity index (χ0n) is 15.7. The molecule has 0 radical (unpaired) electrons. The van der Waals surface area contributed by atoms with E-state index in [0.717, 1.165) is 30.0 Å². The molecule has 2 fully saturated rings. The topological polar surface area (TPSA) is 82.6 Å². The second-order valence-electron chi connectivity index (χ2n) is 7.19. The number of carbonyl (C=O) groups is 3. The van der Waals surface area contributed by atoms with E-state index < -0.39 is 11.8 Å². The van der Waals surface area contributed by atoms with E-state index in [-0.39, 0.29) is 6.79 Å². The van der Waals surface area contributed by atoms with Crippen LogP contribution in [0.4, 0.5) is 0 Å². The summed E-state index contributed by atoms with van der Waals surface area (Å²) in [6.07, 6.45) is 0.781. The normalized spacial score (nSPS) is 19.6. The maximum atomic E-state index is 12.5. The van der Waals surface area contributed by atoms with Gasteiger partial charge in [0.15, 0.2) is 11.5 Å². The smallest absolute Gasteiger partial charge is 0.312 e. The molecule has 0 spiro atoms. The minimum atomic E-state index is -0.463. The lowest BCUT2D eigenvalue weighted by Gasteiger charge is -2.37. The molecule has 9 heteroatoms. The van der Waals surface area contributed by atoms with Crippen LogP contribution >= 0.6 is 0 Å². The third kappa shape index (κ3) is 3.89. The molecule has 150 valence electrons. The van der Waals surface area contributed by atoms with Crippen LogP contribution in [0.25, 0.3) is 0 Å². The van der Waals surface area contributed by atoms with Crippen LogP contribution in [0.1, 0.15) is 5.56 Å². The van der Waals surface area contributed by atoms with E-state index in [9.17, 15) is 14.4 Å². The van der Waals surface area contributed by atoms with E-state index >= 15 is 0 Å². The fourth-order valence-corrected chi connectivity index (χ4v) is 3.71. The first-order valence-electron chi connectivity index (χ1n) is 9.52. The van der Waals surface area contributed by atoms with Crippen LogP contribution in [-0.4, -0.2) is 97.0 Å². The molecule has 2 saturated heterocycles. The van der Waals surface area contributed by atoms with Gasteiger partial charge in [0.2, 0.25) is 13.2 Å². The number of nitrogens with zero attached hydrogens (tertiary/aromatic N) is 4. The van der Waals surface area contributed by atoms with Crippen LogP contribution in [0.5, 0.6) is 11.5 Å². The molecule has 28 heavy (non-hydrogen) atoms. The maximum absolute atomic E-state index is 12.5. The van der Waals surface area contributed by atoms with Crippen molar-refractivity contribution in [3.63, 3.8) is 0 Å². The number of hydrogen-bond donors (Lipinski definition) is 0. The Labute approximate surface area is 163 Å². The summed E-state index contributed by atoms with van der Waals surface area (Å²) >= 11 is 0. The van der Waals surface area contributed by atoms with Crippen molar-refractivity contribution in [2.24, 2.45) is 0 Å². The molecule has 9 nitrogen and oxygen atoms in total. The SMILES string of the molecule is O=CN1CCN(C(=O)C(=O)N2CCN(Cc3ccc4c(c3)OCO4)CC2)CC1. The van der Waals surface area contributed by atoms with Crippen LogP contribution in [0, 0.1) is 0 Å². The van der Waals surface area contributed by atoms with Crippen LogP contribution < -0.4 is 9.47 Å². The number of carbonyl (C=O) groups excluding carboxylic acids is 3. The second kappa shape index (κ2) is 8.05. The lowest BCUT2D eigenvalue weighted by molar-refractivity contribution is -0.154. The number of rotatable bonds is 3. The number of fused-ring (bicyclic) bond motifs is 1. The van der Waals surface area contributed by atoms with E-state index in [0.29, 0.717) is 52.4 Å². The van der Waals surface area contributed by atoms with Gasteiger partial charge in [-0.25, -0.2) is 0 Å². The van der Waals surface area contributed by atoms with Gasteiger partial charge in [0.1, 0.15) is 0 Å². The number of hydrogen-bond acceptors (Lipinski definition) is 6. The van der Waals surface area contributed by atoms with Crippen LogP contribution in [0.2, 0.25) is 0 Å². The summed E-state index contributed by atoms with van der Waals surface area (Å²) in [5, 5.41) is 0. The summed E-state index contributed by atoms with van der Waals surface area (Å²) in [5.41, 5.74) is 1.13. The van der Waals surface area contributed by atoms with Crippen LogP contribution in [0.3, 0.4) is 0 Å². The van der Waals surface area contributed by atoms with Gasteiger partial charge < -0.3 is 24.2 Å². The van der Waals surface area contributed by atoms with Crippen molar-refractivity contribution in [3.8, 4) is 11.5 Å². The molecule has 0 bridgehead atoms. The third-order valence-corrected chi connectivity index (χ3v) is 5.44. The molecule has 0 unspecified atom stereocenters. The van der Waals surface area contributed by atoms with Crippen LogP contribution in [0.15, 0.2) is 18.2 Å². The Morgan fingerprint density at radius 3 is 2.11 bits per heavy atom. The van der Waals surface area contributed by atoms with Gasteiger partial charge in [-0.05, 0) is 17.7 Å². The van der Waals surface area contributed by atoms with Gasteiger partial charge in [0.05, 0.1) is 0 Å². The summed E-state index contributed by atoms with van der Waals surface area (Å²) in [7, 11) is 0. The summed E-state index contributed by atoms with van der Waals surface area (Å²) < 4.78 is 10.7. The summed E-state index contributed by atoms with van der Waals surface area (Å²) in [6.45, 7) is 5.29. The minimum absolute atomic E-state index is 0.262. The largest absolute Gasteiger partial charge is 0.454 e. The second-order valence-corrected chi connectivity index (χ2v) is 7.19. The average molecular weight is 388 g/mol. The lowest BCUT2D eigenvalue weighted by atomic mass is 10.1. The average Bonchev–Trinajstić information content (AvgIpc) is 3.21. The molecule has 3 aliphatic rings. The van der Waals surface area contributed by atoms with Gasteiger partial charge in [-0.2, -0.15) is 0 Å². The van der Waals surface area contributed by atoms with Gasteiger partial charge in [-0.3, -0.25) is 19.3 Å². The molecule has 1 aromatic carbocycles. The van der Waals surface area contributed by atoms with Gasteiger partial charge in [0, 0.05) is 58.9 Å². The fraction of sp³-hybridized carbons (Fsp3) is 0.526. The Hall–Kier alpha value is -2.81. The fourth-order valence-electron chi connectivity index (χ4n) is 3.71. The molecule has 0 aromatic heterocycles. The van der Waals surface area contributed by atoms with E-state index in [1.165, 1.54) is 0 Å². The first kappa shape index (κ1) is 18.5. The maximum Gasteiger partial charge on any atom is 0.312 e. The molecule has 0 N–H and O–H groups in total. The zero-order valence-corrected chi connectivity index (χ0v) is 15.7. The Morgan fingerprint density at radius 2 is 1.46 bits per heavy atom. The van der Waals surface area contributed by atoms with E-state index in [4.69, 9.17) is 9.47 Å². The number of piperazine rings is 2. The molecular weight excluding hydrogens is 364 g/mol. The Bertz CT molecular complexity index is 755. The van der Waals surface area contributed by atoms with Gasteiger partial charge >= 0.3 is 11.8 Å². The summed E-state index contributed by atoms with van der Waals surface area (Å²) in [6, 6.07) is 5.93. The molecule has 3 aliphatic heterocycles. The van der Waals surface area contributed by atoms with E-state index in [2.05, 4.69) is 4.90 Å². The van der Waals surface area contributed by atoms with E-state index in [1.54, 1.807) is 14.7 Å². The van der Waals surface area contributed by atoms with Crippen LogP contribution in [-0.2, 0) is 20.9 Å². The summed E-state index contributed by atoms with van der Waals surface area (Å²) in [5.74, 6) is 0.635. The van der Waals surface area contributed by atoms with Crippen molar-refractivity contribution in [3.05, 3.63) is 23.8 Å². The molecule has 3 heterocycles. The van der Waals surface area contributed by atoms with Crippen molar-refractivity contribution >= 4 is 18.2 Å². The molecule has 0 saturated carbocycles. The molecule has 3 amide bonds. The van der Waals surface area contributed by atoms with Gasteiger partial charge in [-0.1, -0.05) is 6.07 Å². The lowest BCUT2D eigenvalue weighted by Crippen LogP contribution is -2.56. The molecular formula is C19H24N4O5. The number of ether oxygens (including phenoxy) is 2. The van der Waals surface area contributed by atoms with Crippen molar-refractivity contribution < 1.29 is 23.9 Å². The quantitative estimate of drug-likeness (QED) is 0.506. The Kier molecular flexibility index (Phi) is 5.34. The third-order valence-electron chi connectivity index (χ3n) is 5.44. The predicted molar refractivity (Wildman–Crippen MR) is 98.6 cm³/mol. The van der Waals surface area contributed by atoms with Gasteiger partial charge in [-0.15, -0.1) is 0 Å². The van der Waals surface area contributed by atoms with Crippen molar-refractivity contribution in [2.75, 3.05) is 59.2 Å². The molecule has 1 aromatic rings. The predicted octanol–water partition coefficient (Wildman–Crippen LogP) is -0.640. The minimum Gasteiger partial charge on any atom is -0.454 e. The number of amides is 3. The Balaban J connectivity index is 1.26. The zero-order chi connectivity index (χ0) is 19.5. The Morgan fingerprint density at radius 1 is 0.857 bits per heavy atom. The van der Waals surface area contributed by atoms with Crippen molar-refractivity contribution in [2.45, 2.75) is 6.54 Å². The highest BCUT2D eigenvalue weighted by atomic mass is 16.7. The highest BCUT2D eigenvalue weighted by Crippen LogP contribution is 2.32. The molecule has 4 rings (SSSR count). The monoisotopic (exact) mass is 388 g/mol. The highest BCUT2D eigenvalue weighted by molar-refractivity contribution is 6.34. The van der Waals surface area contributed by atoms with E-state index in [1.807, 2.05) is 18.2 Å². The summed E-state index contributed by atoms with van der Waals surface area (Å²) in [4.78, 5) is 42.8. The van der Waals surface area contributed by atoms with Crippen molar-refractivity contribution in [1.82, 2.24) is 19.6 Å². The first-order chi connectivity index (χ1) is 13.6. The number of benzene rings is 1. The highest BCUT2D eigenvalue weighted by Gasteiger charge is 2.31. The molecule has 0 aliphatic carbocycles. The van der Waals surface area contributed by atoms with Crippen molar-refractivity contribution in [1.29, 1.82) is 0 Å². The standard InChI is InChI=1S/C19H24N4O5/c24-13-21-5-9-23(10-6-21)19(26)18(25)22-7-3-20(4-8-22)12-15-1-2-16-17(11-15)28-14-27-16/h1-2,11,13H,3-10,12,14H2. The molecule has 0 atom stereocenters. The first-order valence-corrected chi connectivity index (χ1v) is 9.52. The van der Waals surface area contributed by atoms with Gasteiger partial charge in [0.25, 0.3) is 0 Å².